The summed E-state index contributed by atoms with van der Waals surface area (Å²) in [7, 11) is -1.67. The minimum Gasteiger partial charge on any atom is -0.370 e. The topological polar surface area (TPSA) is 85.8 Å². The molecule has 0 spiro atoms. The first-order valence-electron chi connectivity index (χ1n) is 10.8. The number of nitrogens with one attached hydrogen (secondary N) is 3. The summed E-state index contributed by atoms with van der Waals surface area (Å²) in [6, 6.07) is 15.6. The second-order valence-corrected chi connectivity index (χ2v) is 9.52. The van der Waals surface area contributed by atoms with Gasteiger partial charge in [-0.1, -0.05) is 24.3 Å². The molecule has 2 aromatic rings. The Kier molecular flexibility index (Phi) is 7.92. The number of aryl methyl sites for hydroxylation is 1. The van der Waals surface area contributed by atoms with E-state index in [-0.39, 0.29) is 6.04 Å². The lowest BCUT2D eigenvalue weighted by atomic mass is 10.2. The molecule has 1 aliphatic rings. The van der Waals surface area contributed by atoms with E-state index < -0.39 is 10.0 Å². The average Bonchev–Trinajstić information content (AvgIpc) is 3.57. The van der Waals surface area contributed by atoms with Gasteiger partial charge in [0.05, 0.1) is 4.90 Å². The molecule has 1 saturated carbocycles. The van der Waals surface area contributed by atoms with Crippen molar-refractivity contribution in [1.29, 1.82) is 0 Å². The number of rotatable bonds is 10. The molecule has 3 rings (SSSR count). The highest BCUT2D eigenvalue weighted by Crippen LogP contribution is 2.22. The highest BCUT2D eigenvalue weighted by molar-refractivity contribution is 7.89. The molecule has 31 heavy (non-hydrogen) atoms. The molecule has 0 atom stereocenters. The van der Waals surface area contributed by atoms with Crippen LogP contribution in [0.3, 0.4) is 0 Å². The van der Waals surface area contributed by atoms with Gasteiger partial charge >= 0.3 is 0 Å². The van der Waals surface area contributed by atoms with Crippen LogP contribution in [0, 0.1) is 6.92 Å². The predicted octanol–water partition coefficient (Wildman–Crippen LogP) is 2.63. The van der Waals surface area contributed by atoms with Crippen molar-refractivity contribution in [3.63, 3.8) is 0 Å². The summed E-state index contributed by atoms with van der Waals surface area (Å²) in [5, 5.41) is 6.63. The smallest absolute Gasteiger partial charge is 0.240 e. The van der Waals surface area contributed by atoms with Crippen LogP contribution in [-0.4, -0.2) is 47.1 Å². The van der Waals surface area contributed by atoms with Crippen molar-refractivity contribution in [3.05, 3.63) is 59.7 Å². The molecule has 2 aromatic carbocycles. The van der Waals surface area contributed by atoms with Gasteiger partial charge in [0.1, 0.15) is 0 Å². The Morgan fingerprint density at radius 3 is 2.48 bits per heavy atom. The van der Waals surface area contributed by atoms with Crippen LogP contribution >= 0.6 is 0 Å². The SMILES string of the molecule is CCN(CCNC(=NC)NCc1ccc(S(=O)(=O)NC2CC2)cc1)c1cccc(C)c1. The number of benzene rings is 2. The van der Waals surface area contributed by atoms with E-state index >= 15 is 0 Å². The van der Waals surface area contributed by atoms with Crippen LogP contribution in [0.25, 0.3) is 0 Å². The quantitative estimate of drug-likeness (QED) is 0.388. The summed E-state index contributed by atoms with van der Waals surface area (Å²) in [4.78, 5) is 6.91. The summed E-state index contributed by atoms with van der Waals surface area (Å²) in [6.45, 7) is 7.37. The molecule has 0 radical (unpaired) electrons. The van der Waals surface area contributed by atoms with Crippen LogP contribution in [0.4, 0.5) is 5.69 Å². The zero-order chi connectivity index (χ0) is 22.3. The molecule has 0 bridgehead atoms. The fourth-order valence-corrected chi connectivity index (χ4v) is 4.59. The van der Waals surface area contributed by atoms with E-state index in [1.807, 2.05) is 12.1 Å². The van der Waals surface area contributed by atoms with Gasteiger partial charge in [-0.05, 0) is 62.1 Å². The fraction of sp³-hybridized carbons (Fsp3) is 0.435. The number of nitrogens with zero attached hydrogens (tertiary/aromatic N) is 2. The van der Waals surface area contributed by atoms with Gasteiger partial charge in [0.15, 0.2) is 5.96 Å². The Balaban J connectivity index is 1.46. The van der Waals surface area contributed by atoms with Gasteiger partial charge in [-0.3, -0.25) is 4.99 Å². The molecular weight excluding hydrogens is 410 g/mol. The van der Waals surface area contributed by atoms with Crippen molar-refractivity contribution >= 4 is 21.7 Å². The Hall–Kier alpha value is -2.58. The van der Waals surface area contributed by atoms with E-state index in [9.17, 15) is 8.42 Å². The molecule has 0 saturated heterocycles. The highest BCUT2D eigenvalue weighted by Gasteiger charge is 2.27. The highest BCUT2D eigenvalue weighted by atomic mass is 32.2. The Bertz CT molecular complexity index is 985. The van der Waals surface area contributed by atoms with Gasteiger partial charge < -0.3 is 15.5 Å². The Morgan fingerprint density at radius 2 is 1.87 bits per heavy atom. The molecule has 1 fully saturated rings. The third kappa shape index (κ3) is 6.97. The van der Waals surface area contributed by atoms with Crippen molar-refractivity contribution in [2.45, 2.75) is 44.2 Å². The molecule has 0 aromatic heterocycles. The van der Waals surface area contributed by atoms with Gasteiger partial charge in [0.2, 0.25) is 10.0 Å². The van der Waals surface area contributed by atoms with Gasteiger partial charge in [-0.25, -0.2) is 13.1 Å². The maximum Gasteiger partial charge on any atom is 0.240 e. The molecule has 0 amide bonds. The van der Waals surface area contributed by atoms with E-state index in [0.29, 0.717) is 17.4 Å². The number of likely N-dealkylation sites (N-methyl/N-ethyl adjacent to an activating group) is 1. The predicted molar refractivity (Wildman–Crippen MR) is 127 cm³/mol. The number of anilines is 1. The van der Waals surface area contributed by atoms with Crippen LogP contribution in [0.15, 0.2) is 58.4 Å². The zero-order valence-electron chi connectivity index (χ0n) is 18.6. The minimum absolute atomic E-state index is 0.107. The Morgan fingerprint density at radius 1 is 1.13 bits per heavy atom. The van der Waals surface area contributed by atoms with E-state index in [2.05, 4.69) is 63.4 Å². The zero-order valence-corrected chi connectivity index (χ0v) is 19.4. The number of sulfonamides is 1. The lowest BCUT2D eigenvalue weighted by molar-refractivity contribution is 0.581. The van der Waals surface area contributed by atoms with Gasteiger partial charge in [0.25, 0.3) is 0 Å². The van der Waals surface area contributed by atoms with E-state index in [1.54, 1.807) is 19.2 Å². The van der Waals surface area contributed by atoms with Crippen molar-refractivity contribution in [3.8, 4) is 0 Å². The third-order valence-electron chi connectivity index (χ3n) is 5.24. The maximum absolute atomic E-state index is 12.3. The summed E-state index contributed by atoms with van der Waals surface area (Å²) in [5.41, 5.74) is 3.46. The molecule has 168 valence electrons. The van der Waals surface area contributed by atoms with Crippen LogP contribution in [0.5, 0.6) is 0 Å². The van der Waals surface area contributed by atoms with E-state index in [0.717, 1.165) is 38.0 Å². The van der Waals surface area contributed by atoms with Gasteiger partial charge in [-0.15, -0.1) is 0 Å². The number of guanidine groups is 1. The monoisotopic (exact) mass is 443 g/mol. The van der Waals surface area contributed by atoms with Crippen LogP contribution in [0.2, 0.25) is 0 Å². The minimum atomic E-state index is -3.41. The summed E-state index contributed by atoms with van der Waals surface area (Å²) in [6.07, 6.45) is 1.85. The lowest BCUT2D eigenvalue weighted by Crippen LogP contribution is -2.41. The molecule has 0 aliphatic heterocycles. The summed E-state index contributed by atoms with van der Waals surface area (Å²) >= 11 is 0. The second-order valence-electron chi connectivity index (χ2n) is 7.81. The number of hydrogen-bond acceptors (Lipinski definition) is 4. The average molecular weight is 444 g/mol. The van der Waals surface area contributed by atoms with Crippen molar-refractivity contribution < 1.29 is 8.42 Å². The van der Waals surface area contributed by atoms with Crippen molar-refractivity contribution in [2.75, 3.05) is 31.6 Å². The van der Waals surface area contributed by atoms with Crippen LogP contribution in [-0.2, 0) is 16.6 Å². The number of hydrogen-bond donors (Lipinski definition) is 3. The second kappa shape index (κ2) is 10.6. The summed E-state index contributed by atoms with van der Waals surface area (Å²) in [5.74, 6) is 0.715. The first kappa shape index (κ1) is 23.1. The number of aliphatic imine (C=N–C) groups is 1. The fourth-order valence-electron chi connectivity index (χ4n) is 3.29. The molecule has 1 aliphatic carbocycles. The third-order valence-corrected chi connectivity index (χ3v) is 6.78. The maximum atomic E-state index is 12.3. The molecule has 3 N–H and O–H groups in total. The lowest BCUT2D eigenvalue weighted by Gasteiger charge is -2.24. The van der Waals surface area contributed by atoms with Crippen LogP contribution < -0.4 is 20.3 Å². The van der Waals surface area contributed by atoms with Crippen molar-refractivity contribution in [2.24, 2.45) is 4.99 Å². The standard InChI is InChI=1S/C23H33N5O2S/c1-4-28(21-7-5-6-18(2)16-21)15-14-25-23(24-3)26-17-19-8-12-22(13-9-19)31(29,30)27-20-10-11-20/h5-9,12-13,16,20,27H,4,10-11,14-15,17H2,1-3H3,(H2,24,25,26). The molecular formula is C23H33N5O2S. The molecule has 0 heterocycles. The van der Waals surface area contributed by atoms with Crippen LogP contribution in [0.1, 0.15) is 30.9 Å². The first-order chi connectivity index (χ1) is 14.9. The normalized spacial score (nSPS) is 14.4. The van der Waals surface area contributed by atoms with Gasteiger partial charge in [0, 0.05) is 45.0 Å². The largest absolute Gasteiger partial charge is 0.370 e. The molecule has 8 heteroatoms. The summed E-state index contributed by atoms with van der Waals surface area (Å²) < 4.78 is 27.2. The van der Waals surface area contributed by atoms with Gasteiger partial charge in [-0.2, -0.15) is 0 Å². The first-order valence-corrected chi connectivity index (χ1v) is 12.3. The molecule has 7 nitrogen and oxygen atoms in total. The Labute approximate surface area is 186 Å². The van der Waals surface area contributed by atoms with E-state index in [1.165, 1.54) is 11.3 Å². The van der Waals surface area contributed by atoms with E-state index in [4.69, 9.17) is 0 Å². The van der Waals surface area contributed by atoms with Crippen molar-refractivity contribution in [1.82, 2.24) is 15.4 Å². The molecule has 0 unspecified atom stereocenters.